The fourth-order valence-corrected chi connectivity index (χ4v) is 2.62. The predicted octanol–water partition coefficient (Wildman–Crippen LogP) is 3.20. The number of aliphatic carboxylic acids is 1. The molecule has 0 unspecified atom stereocenters. The van der Waals surface area contributed by atoms with Crippen molar-refractivity contribution in [1.29, 1.82) is 0 Å². The third-order valence-electron chi connectivity index (χ3n) is 3.89. The fourth-order valence-electron chi connectivity index (χ4n) is 2.62. The Morgan fingerprint density at radius 3 is 2.10 bits per heavy atom. The molecule has 0 amide bonds. The topological polar surface area (TPSA) is 49.3 Å². The van der Waals surface area contributed by atoms with Gasteiger partial charge in [0.15, 0.2) is 0 Å². The maximum Gasteiger partial charge on any atom is 0.321 e. The summed E-state index contributed by atoms with van der Waals surface area (Å²) in [5.74, 6) is 0.815. The Balaban J connectivity index is 2.62. The van der Waals surface area contributed by atoms with E-state index in [9.17, 15) is 9.90 Å². The maximum atomic E-state index is 11.4. The summed E-state index contributed by atoms with van der Waals surface area (Å²) in [6, 6.07) is 9.26. The van der Waals surface area contributed by atoms with E-state index in [4.69, 9.17) is 0 Å². The molecule has 2 N–H and O–H groups in total. The molecular formula is C17H27NO2. The molecule has 1 atom stereocenters. The molecule has 0 radical (unpaired) electrons. The van der Waals surface area contributed by atoms with E-state index in [1.165, 1.54) is 0 Å². The number of carbonyl (C=O) groups is 1. The second kappa shape index (κ2) is 8.05. The minimum Gasteiger partial charge on any atom is -0.480 e. The van der Waals surface area contributed by atoms with Gasteiger partial charge in [-0.15, -0.1) is 0 Å². The van der Waals surface area contributed by atoms with Crippen LogP contribution in [0.15, 0.2) is 30.3 Å². The summed E-state index contributed by atoms with van der Waals surface area (Å²) in [5, 5.41) is 12.6. The molecule has 0 aliphatic heterocycles. The Hall–Kier alpha value is -1.35. The molecule has 0 spiro atoms. The van der Waals surface area contributed by atoms with Crippen LogP contribution in [-0.4, -0.2) is 23.7 Å². The van der Waals surface area contributed by atoms with Gasteiger partial charge in [0.25, 0.3) is 0 Å². The normalized spacial score (nSPS) is 13.2. The van der Waals surface area contributed by atoms with Crippen LogP contribution in [0.2, 0.25) is 0 Å². The van der Waals surface area contributed by atoms with Crippen LogP contribution < -0.4 is 5.32 Å². The van der Waals surface area contributed by atoms with Crippen LogP contribution in [0.4, 0.5) is 0 Å². The van der Waals surface area contributed by atoms with Crippen LogP contribution in [0, 0.1) is 17.8 Å². The van der Waals surface area contributed by atoms with E-state index in [0.717, 1.165) is 12.1 Å². The average Bonchev–Trinajstić information content (AvgIpc) is 2.37. The molecule has 0 aliphatic carbocycles. The van der Waals surface area contributed by atoms with Crippen molar-refractivity contribution in [3.8, 4) is 0 Å². The molecule has 0 bridgehead atoms. The summed E-state index contributed by atoms with van der Waals surface area (Å²) in [5.41, 5.74) is 1.05. The Morgan fingerprint density at radius 1 is 1.10 bits per heavy atom. The van der Waals surface area contributed by atoms with Crippen molar-refractivity contribution in [2.24, 2.45) is 17.8 Å². The van der Waals surface area contributed by atoms with Gasteiger partial charge in [-0.2, -0.15) is 0 Å². The molecule has 112 valence electrons. The van der Waals surface area contributed by atoms with Crippen molar-refractivity contribution < 1.29 is 9.90 Å². The summed E-state index contributed by atoms with van der Waals surface area (Å²) in [4.78, 5) is 11.4. The fraction of sp³-hybridized carbons (Fsp3) is 0.588. The molecule has 1 rings (SSSR count). The minimum atomic E-state index is -0.778. The zero-order valence-electron chi connectivity index (χ0n) is 13.0. The van der Waals surface area contributed by atoms with Gasteiger partial charge < -0.3 is 10.4 Å². The number of hydrogen-bond acceptors (Lipinski definition) is 2. The van der Waals surface area contributed by atoms with Crippen molar-refractivity contribution >= 4 is 5.97 Å². The van der Waals surface area contributed by atoms with E-state index in [1.807, 2.05) is 30.3 Å². The first-order valence-corrected chi connectivity index (χ1v) is 7.42. The molecule has 3 nitrogen and oxygen atoms in total. The first-order chi connectivity index (χ1) is 9.41. The molecule has 0 saturated carbocycles. The molecule has 0 saturated heterocycles. The second-order valence-corrected chi connectivity index (χ2v) is 6.14. The minimum absolute atomic E-state index is 0.493. The average molecular weight is 277 g/mol. The summed E-state index contributed by atoms with van der Waals surface area (Å²) >= 11 is 0. The smallest absolute Gasteiger partial charge is 0.321 e. The Kier molecular flexibility index (Phi) is 6.73. The summed E-state index contributed by atoms with van der Waals surface area (Å²) in [6.45, 7) is 9.52. The van der Waals surface area contributed by atoms with Gasteiger partial charge in [-0.3, -0.25) is 4.79 Å². The quantitative estimate of drug-likeness (QED) is 0.767. The van der Waals surface area contributed by atoms with Crippen molar-refractivity contribution in [2.45, 2.75) is 40.2 Å². The first-order valence-electron chi connectivity index (χ1n) is 7.42. The van der Waals surface area contributed by atoms with Gasteiger partial charge in [-0.05, 0) is 36.3 Å². The number of carboxylic acid groups (broad SMARTS) is 1. The second-order valence-electron chi connectivity index (χ2n) is 6.14. The number of carboxylic acids is 1. The lowest BCUT2D eigenvalue weighted by molar-refractivity contribution is -0.139. The van der Waals surface area contributed by atoms with E-state index in [-0.39, 0.29) is 0 Å². The molecule has 0 fully saturated rings. The van der Waals surface area contributed by atoms with E-state index in [0.29, 0.717) is 24.2 Å². The molecule has 0 aromatic heterocycles. The molecule has 20 heavy (non-hydrogen) atoms. The van der Waals surface area contributed by atoms with Crippen LogP contribution in [0.3, 0.4) is 0 Å². The zero-order valence-corrected chi connectivity index (χ0v) is 13.0. The summed E-state index contributed by atoms with van der Waals surface area (Å²) in [7, 11) is 0. The monoisotopic (exact) mass is 277 g/mol. The number of rotatable bonds is 8. The predicted molar refractivity (Wildman–Crippen MR) is 82.7 cm³/mol. The van der Waals surface area contributed by atoms with Gasteiger partial charge >= 0.3 is 5.97 Å². The molecule has 1 aromatic rings. The number of benzene rings is 1. The first kappa shape index (κ1) is 16.7. The van der Waals surface area contributed by atoms with Crippen LogP contribution in [0.5, 0.6) is 0 Å². The lowest BCUT2D eigenvalue weighted by Crippen LogP contribution is -2.42. The van der Waals surface area contributed by atoms with Crippen molar-refractivity contribution in [1.82, 2.24) is 5.32 Å². The van der Waals surface area contributed by atoms with E-state index >= 15 is 0 Å². The van der Waals surface area contributed by atoms with E-state index in [1.54, 1.807) is 0 Å². The van der Waals surface area contributed by atoms with Gasteiger partial charge in [0.2, 0.25) is 0 Å². The van der Waals surface area contributed by atoms with Crippen LogP contribution in [-0.2, 0) is 11.2 Å². The lowest BCUT2D eigenvalue weighted by atomic mass is 9.85. The number of nitrogens with one attached hydrogen (secondary N) is 1. The largest absolute Gasteiger partial charge is 0.480 e. The standard InChI is InChI=1S/C17H27NO2/c1-12(2)15(13(3)4)11-18-16(17(19)20)10-14-8-6-5-7-9-14/h5-9,12-13,15-16,18H,10-11H2,1-4H3,(H,19,20)/t16-/m1/s1. The third kappa shape index (κ3) is 5.33. The van der Waals surface area contributed by atoms with Crippen LogP contribution in [0.1, 0.15) is 33.3 Å². The molecule has 1 aromatic carbocycles. The highest BCUT2D eigenvalue weighted by Gasteiger charge is 2.22. The Morgan fingerprint density at radius 2 is 1.65 bits per heavy atom. The molecule has 0 heterocycles. The molecular weight excluding hydrogens is 250 g/mol. The highest BCUT2D eigenvalue weighted by atomic mass is 16.4. The van der Waals surface area contributed by atoms with Gasteiger partial charge in [-0.25, -0.2) is 0 Å². The Bertz CT molecular complexity index is 393. The van der Waals surface area contributed by atoms with E-state index in [2.05, 4.69) is 33.0 Å². The third-order valence-corrected chi connectivity index (χ3v) is 3.89. The van der Waals surface area contributed by atoms with E-state index < -0.39 is 12.0 Å². The Labute approximate surface area is 122 Å². The maximum absolute atomic E-state index is 11.4. The van der Waals surface area contributed by atoms with Gasteiger partial charge in [0.1, 0.15) is 6.04 Å². The molecule has 3 heteroatoms. The molecule has 0 aliphatic rings. The lowest BCUT2D eigenvalue weighted by Gasteiger charge is -2.27. The van der Waals surface area contributed by atoms with Crippen molar-refractivity contribution in [3.63, 3.8) is 0 Å². The zero-order chi connectivity index (χ0) is 15.1. The van der Waals surface area contributed by atoms with Gasteiger partial charge in [0, 0.05) is 0 Å². The van der Waals surface area contributed by atoms with Crippen molar-refractivity contribution in [2.75, 3.05) is 6.54 Å². The SMILES string of the molecule is CC(C)C(CN[C@H](Cc1ccccc1)C(=O)O)C(C)C. The number of hydrogen-bond donors (Lipinski definition) is 2. The van der Waals surface area contributed by atoms with Crippen LogP contribution in [0.25, 0.3) is 0 Å². The van der Waals surface area contributed by atoms with Crippen molar-refractivity contribution in [3.05, 3.63) is 35.9 Å². The highest BCUT2D eigenvalue weighted by molar-refractivity contribution is 5.73. The van der Waals surface area contributed by atoms with Crippen LogP contribution >= 0.6 is 0 Å². The summed E-state index contributed by atoms with van der Waals surface area (Å²) < 4.78 is 0. The summed E-state index contributed by atoms with van der Waals surface area (Å²) in [6.07, 6.45) is 0.527. The van der Waals surface area contributed by atoms with Gasteiger partial charge in [-0.1, -0.05) is 58.0 Å². The van der Waals surface area contributed by atoms with Gasteiger partial charge in [0.05, 0.1) is 0 Å². The highest BCUT2D eigenvalue weighted by Crippen LogP contribution is 2.19.